The number of aliphatic hydroxyl groups is 1. The SMILES string of the molecule is CN1CCN(c2cnc3c(-c4ccc(C#N)cc4)cccc3c2C2CC2)CC1(C)O. The topological polar surface area (TPSA) is 63.4 Å². The summed E-state index contributed by atoms with van der Waals surface area (Å²) in [7, 11) is 1.97. The summed E-state index contributed by atoms with van der Waals surface area (Å²) in [5, 5.41) is 21.1. The number of pyridine rings is 1. The normalized spacial score (nSPS) is 22.3. The average Bonchev–Trinajstić information content (AvgIpc) is 3.59. The standard InChI is InChI=1S/C25H26N4O/c1-25(30)16-29(13-12-28(25)2)22-15-27-24-20(18-8-6-17(14-26)7-9-18)4-3-5-21(24)23(22)19-10-11-19/h3-9,15,19,30H,10-13,16H2,1-2H3. The number of piperazine rings is 1. The molecule has 5 heteroatoms. The van der Waals surface area contributed by atoms with Gasteiger partial charge in [0, 0.05) is 24.0 Å². The Morgan fingerprint density at radius 1 is 1.13 bits per heavy atom. The van der Waals surface area contributed by atoms with Gasteiger partial charge in [0.05, 0.1) is 35.6 Å². The van der Waals surface area contributed by atoms with Gasteiger partial charge in [-0.15, -0.1) is 0 Å². The van der Waals surface area contributed by atoms with E-state index in [-0.39, 0.29) is 0 Å². The van der Waals surface area contributed by atoms with Gasteiger partial charge in [0.1, 0.15) is 5.72 Å². The maximum atomic E-state index is 10.8. The van der Waals surface area contributed by atoms with E-state index in [1.54, 1.807) is 0 Å². The van der Waals surface area contributed by atoms with Crippen LogP contribution < -0.4 is 4.90 Å². The lowest BCUT2D eigenvalue weighted by atomic mass is 9.95. The Hall–Kier alpha value is -2.94. The molecule has 2 fully saturated rings. The second-order valence-electron chi connectivity index (χ2n) is 8.78. The van der Waals surface area contributed by atoms with Crippen LogP contribution in [0, 0.1) is 11.3 Å². The molecule has 1 saturated carbocycles. The average molecular weight is 399 g/mol. The van der Waals surface area contributed by atoms with Gasteiger partial charge in [0.2, 0.25) is 0 Å². The number of benzene rings is 2. The van der Waals surface area contributed by atoms with Gasteiger partial charge in [-0.1, -0.05) is 30.3 Å². The van der Waals surface area contributed by atoms with Gasteiger partial charge < -0.3 is 10.0 Å². The number of para-hydroxylation sites is 1. The predicted molar refractivity (Wildman–Crippen MR) is 119 cm³/mol. The van der Waals surface area contributed by atoms with Gasteiger partial charge in [0.25, 0.3) is 0 Å². The first-order chi connectivity index (χ1) is 14.5. The molecule has 1 N–H and O–H groups in total. The molecule has 2 heterocycles. The number of nitrogens with zero attached hydrogens (tertiary/aromatic N) is 4. The van der Waals surface area contributed by atoms with E-state index >= 15 is 0 Å². The Labute approximate surface area is 177 Å². The number of rotatable bonds is 3. The number of anilines is 1. The summed E-state index contributed by atoms with van der Waals surface area (Å²) in [4.78, 5) is 9.22. The summed E-state index contributed by atoms with van der Waals surface area (Å²) in [6.45, 7) is 4.16. The van der Waals surface area contributed by atoms with Crippen molar-refractivity contribution in [2.75, 3.05) is 31.6 Å². The van der Waals surface area contributed by atoms with E-state index in [1.165, 1.54) is 23.8 Å². The van der Waals surface area contributed by atoms with Crippen LogP contribution in [-0.2, 0) is 0 Å². The molecular formula is C25H26N4O. The summed E-state index contributed by atoms with van der Waals surface area (Å²) >= 11 is 0. The third-order valence-electron chi connectivity index (χ3n) is 6.59. The molecule has 1 aliphatic carbocycles. The van der Waals surface area contributed by atoms with Crippen molar-refractivity contribution in [1.82, 2.24) is 9.88 Å². The molecule has 2 aromatic carbocycles. The highest BCUT2D eigenvalue weighted by Crippen LogP contribution is 2.48. The van der Waals surface area contributed by atoms with Crippen molar-refractivity contribution < 1.29 is 5.11 Å². The molecule has 1 atom stereocenters. The molecule has 5 rings (SSSR count). The minimum Gasteiger partial charge on any atom is -0.374 e. The van der Waals surface area contributed by atoms with E-state index in [9.17, 15) is 5.11 Å². The molecule has 5 nitrogen and oxygen atoms in total. The first-order valence-corrected chi connectivity index (χ1v) is 10.6. The number of nitriles is 1. The third kappa shape index (κ3) is 3.23. The van der Waals surface area contributed by atoms with E-state index in [4.69, 9.17) is 10.2 Å². The minimum absolute atomic E-state index is 0.561. The summed E-state index contributed by atoms with van der Waals surface area (Å²) in [5.41, 5.74) is 5.52. The molecule has 0 spiro atoms. The largest absolute Gasteiger partial charge is 0.374 e. The monoisotopic (exact) mass is 398 g/mol. The number of aromatic nitrogens is 1. The number of likely N-dealkylation sites (N-methyl/N-ethyl adjacent to an activating group) is 1. The Bertz CT molecular complexity index is 1140. The molecular weight excluding hydrogens is 372 g/mol. The lowest BCUT2D eigenvalue weighted by molar-refractivity contribution is -0.0833. The maximum Gasteiger partial charge on any atom is 0.133 e. The Balaban J connectivity index is 1.63. The maximum absolute atomic E-state index is 10.8. The van der Waals surface area contributed by atoms with Crippen molar-refractivity contribution in [3.63, 3.8) is 0 Å². The third-order valence-corrected chi connectivity index (χ3v) is 6.59. The molecule has 1 aromatic heterocycles. The quantitative estimate of drug-likeness (QED) is 0.719. The van der Waals surface area contributed by atoms with Crippen molar-refractivity contribution in [3.05, 3.63) is 59.8 Å². The number of fused-ring (bicyclic) bond motifs is 1. The van der Waals surface area contributed by atoms with Crippen molar-refractivity contribution in [3.8, 4) is 17.2 Å². The summed E-state index contributed by atoms with van der Waals surface area (Å²) < 4.78 is 0. The molecule has 0 amide bonds. The fraction of sp³-hybridized carbons (Fsp3) is 0.360. The van der Waals surface area contributed by atoms with Crippen LogP contribution in [0.5, 0.6) is 0 Å². The zero-order valence-corrected chi connectivity index (χ0v) is 17.5. The summed E-state index contributed by atoms with van der Waals surface area (Å²) in [5.74, 6) is 0.561. The smallest absolute Gasteiger partial charge is 0.133 e. The molecule has 30 heavy (non-hydrogen) atoms. The van der Waals surface area contributed by atoms with Crippen LogP contribution in [-0.4, -0.2) is 47.4 Å². The van der Waals surface area contributed by atoms with E-state index in [0.717, 1.165) is 35.4 Å². The van der Waals surface area contributed by atoms with E-state index in [0.29, 0.717) is 18.0 Å². The van der Waals surface area contributed by atoms with Crippen molar-refractivity contribution in [2.24, 2.45) is 0 Å². The first kappa shape index (κ1) is 19.0. The zero-order valence-electron chi connectivity index (χ0n) is 17.5. The van der Waals surface area contributed by atoms with Crippen molar-refractivity contribution in [1.29, 1.82) is 5.26 Å². The van der Waals surface area contributed by atoms with Gasteiger partial charge in [-0.25, -0.2) is 0 Å². The van der Waals surface area contributed by atoms with Crippen LogP contribution in [0.3, 0.4) is 0 Å². The van der Waals surface area contributed by atoms with Gasteiger partial charge >= 0.3 is 0 Å². The van der Waals surface area contributed by atoms with E-state index < -0.39 is 5.72 Å². The fourth-order valence-corrected chi connectivity index (χ4v) is 4.52. The molecule has 0 radical (unpaired) electrons. The van der Waals surface area contributed by atoms with Gasteiger partial charge in [-0.2, -0.15) is 5.26 Å². The van der Waals surface area contributed by atoms with Crippen LogP contribution >= 0.6 is 0 Å². The van der Waals surface area contributed by atoms with Crippen LogP contribution in [0.1, 0.15) is 36.8 Å². The van der Waals surface area contributed by atoms with Crippen LogP contribution in [0.4, 0.5) is 5.69 Å². The molecule has 1 aliphatic heterocycles. The second-order valence-corrected chi connectivity index (χ2v) is 8.78. The molecule has 3 aromatic rings. The summed E-state index contributed by atoms with van der Waals surface area (Å²) in [6, 6.07) is 16.3. The summed E-state index contributed by atoms with van der Waals surface area (Å²) in [6.07, 6.45) is 4.42. The molecule has 152 valence electrons. The highest BCUT2D eigenvalue weighted by atomic mass is 16.3. The lowest BCUT2D eigenvalue weighted by Gasteiger charge is -2.45. The Morgan fingerprint density at radius 2 is 1.90 bits per heavy atom. The highest BCUT2D eigenvalue weighted by Gasteiger charge is 2.36. The predicted octanol–water partition coefficient (Wildman–Crippen LogP) is 4.11. The first-order valence-electron chi connectivity index (χ1n) is 10.6. The number of hydrogen-bond donors (Lipinski definition) is 1. The molecule has 0 bridgehead atoms. The Morgan fingerprint density at radius 3 is 2.57 bits per heavy atom. The number of hydrogen-bond acceptors (Lipinski definition) is 5. The van der Waals surface area contributed by atoms with Crippen molar-refractivity contribution in [2.45, 2.75) is 31.4 Å². The van der Waals surface area contributed by atoms with Crippen LogP contribution in [0.2, 0.25) is 0 Å². The van der Waals surface area contributed by atoms with Gasteiger partial charge in [-0.3, -0.25) is 9.88 Å². The minimum atomic E-state index is -0.849. The van der Waals surface area contributed by atoms with Crippen molar-refractivity contribution >= 4 is 16.6 Å². The van der Waals surface area contributed by atoms with Crippen LogP contribution in [0.25, 0.3) is 22.0 Å². The van der Waals surface area contributed by atoms with Crippen LogP contribution in [0.15, 0.2) is 48.7 Å². The van der Waals surface area contributed by atoms with Gasteiger partial charge in [0.15, 0.2) is 0 Å². The fourth-order valence-electron chi connectivity index (χ4n) is 4.52. The lowest BCUT2D eigenvalue weighted by Crippen LogP contribution is -2.59. The highest BCUT2D eigenvalue weighted by molar-refractivity contribution is 5.98. The van der Waals surface area contributed by atoms with E-state index in [1.807, 2.05) is 49.3 Å². The second kappa shape index (κ2) is 7.09. The molecule has 2 aliphatic rings. The zero-order chi connectivity index (χ0) is 20.9. The molecule has 1 unspecified atom stereocenters. The Kier molecular flexibility index (Phi) is 4.50. The van der Waals surface area contributed by atoms with Gasteiger partial charge in [-0.05, 0) is 56.0 Å². The van der Waals surface area contributed by atoms with E-state index in [2.05, 4.69) is 29.2 Å². The molecule has 1 saturated heterocycles. The number of β-amino-alcohol motifs (C(OH)–C–C–N with tert-alkyl or cyclic N) is 1.